The second-order valence-corrected chi connectivity index (χ2v) is 6.29. The molecule has 2 aliphatic rings. The van der Waals surface area contributed by atoms with Gasteiger partial charge in [0.15, 0.2) is 0 Å². The molecular formula is C17H25N3O. The van der Waals surface area contributed by atoms with Crippen molar-refractivity contribution in [2.24, 2.45) is 5.73 Å². The molecular weight excluding hydrogens is 262 g/mol. The molecule has 1 amide bonds. The van der Waals surface area contributed by atoms with Crippen LogP contribution in [0.15, 0.2) is 24.3 Å². The van der Waals surface area contributed by atoms with E-state index in [0.717, 1.165) is 30.6 Å². The molecule has 0 bridgehead atoms. The van der Waals surface area contributed by atoms with Crippen LogP contribution in [0.4, 0.5) is 0 Å². The Morgan fingerprint density at radius 2 is 2.14 bits per heavy atom. The van der Waals surface area contributed by atoms with Gasteiger partial charge in [0, 0.05) is 30.7 Å². The summed E-state index contributed by atoms with van der Waals surface area (Å²) in [5.41, 5.74) is 7.58. The molecule has 1 aromatic carbocycles. The third kappa shape index (κ3) is 2.83. The summed E-state index contributed by atoms with van der Waals surface area (Å²) in [5.74, 6) is 0.179. The normalized spacial score (nSPS) is 25.9. The summed E-state index contributed by atoms with van der Waals surface area (Å²) in [6, 6.07) is 8.76. The lowest BCUT2D eigenvalue weighted by molar-refractivity contribution is 0.0394. The smallest absolute Gasteiger partial charge is 0.254 e. The molecule has 0 radical (unpaired) electrons. The summed E-state index contributed by atoms with van der Waals surface area (Å²) in [5, 5.41) is 0. The first-order valence-electron chi connectivity index (χ1n) is 8.03. The fourth-order valence-corrected chi connectivity index (χ4v) is 3.73. The number of benzene rings is 1. The maximum Gasteiger partial charge on any atom is 0.254 e. The van der Waals surface area contributed by atoms with Crippen molar-refractivity contribution in [3.05, 3.63) is 35.4 Å². The summed E-state index contributed by atoms with van der Waals surface area (Å²) in [6.07, 6.45) is 3.25. The molecule has 114 valence electrons. The van der Waals surface area contributed by atoms with Gasteiger partial charge in [-0.2, -0.15) is 0 Å². The van der Waals surface area contributed by atoms with Crippen molar-refractivity contribution in [2.45, 2.75) is 38.3 Å². The third-order valence-corrected chi connectivity index (χ3v) is 4.86. The highest BCUT2D eigenvalue weighted by Crippen LogP contribution is 2.26. The predicted molar refractivity (Wildman–Crippen MR) is 84.3 cm³/mol. The number of hydrogen-bond donors (Lipinski definition) is 1. The number of piperazine rings is 1. The maximum absolute atomic E-state index is 13.0. The van der Waals surface area contributed by atoms with Gasteiger partial charge in [-0.25, -0.2) is 0 Å². The molecule has 0 aliphatic carbocycles. The number of fused-ring (bicyclic) bond motifs is 1. The van der Waals surface area contributed by atoms with Crippen LogP contribution in [-0.2, 0) is 6.42 Å². The van der Waals surface area contributed by atoms with Crippen LogP contribution in [0.5, 0.6) is 0 Å². The zero-order valence-corrected chi connectivity index (χ0v) is 12.8. The Bertz CT molecular complexity index is 517. The van der Waals surface area contributed by atoms with Crippen LogP contribution < -0.4 is 5.73 Å². The molecule has 1 aromatic rings. The number of nitrogens with zero attached hydrogens (tertiary/aromatic N) is 2. The third-order valence-electron chi connectivity index (χ3n) is 4.86. The first-order chi connectivity index (χ1) is 10.2. The van der Waals surface area contributed by atoms with Gasteiger partial charge in [0.1, 0.15) is 0 Å². The number of amides is 1. The van der Waals surface area contributed by atoms with Crippen molar-refractivity contribution < 1.29 is 4.79 Å². The molecule has 2 heterocycles. The molecule has 3 rings (SSSR count). The first-order valence-corrected chi connectivity index (χ1v) is 8.03. The molecule has 21 heavy (non-hydrogen) atoms. The van der Waals surface area contributed by atoms with E-state index >= 15 is 0 Å². The van der Waals surface area contributed by atoms with E-state index in [1.54, 1.807) is 0 Å². The number of carbonyl (C=O) groups excluding carboxylic acids is 1. The lowest BCUT2D eigenvalue weighted by Gasteiger charge is -2.42. The molecule has 2 atom stereocenters. The number of carbonyl (C=O) groups is 1. The highest BCUT2D eigenvalue weighted by molar-refractivity contribution is 5.96. The summed E-state index contributed by atoms with van der Waals surface area (Å²) in [4.78, 5) is 17.6. The fourth-order valence-electron chi connectivity index (χ4n) is 3.73. The summed E-state index contributed by atoms with van der Waals surface area (Å²) in [6.45, 7) is 5.82. The molecule has 0 spiro atoms. The minimum Gasteiger partial charge on any atom is -0.333 e. The average molecular weight is 287 g/mol. The summed E-state index contributed by atoms with van der Waals surface area (Å²) in [7, 11) is 0. The lowest BCUT2D eigenvalue weighted by Crippen LogP contribution is -2.56. The molecule has 2 N–H and O–H groups in total. The van der Waals surface area contributed by atoms with Crippen LogP contribution in [0.25, 0.3) is 0 Å². The summed E-state index contributed by atoms with van der Waals surface area (Å²) >= 11 is 0. The first kappa shape index (κ1) is 14.5. The van der Waals surface area contributed by atoms with Gasteiger partial charge in [-0.1, -0.05) is 18.2 Å². The average Bonchev–Trinajstić information content (AvgIpc) is 2.94. The van der Waals surface area contributed by atoms with E-state index in [4.69, 9.17) is 5.73 Å². The van der Waals surface area contributed by atoms with Crippen LogP contribution in [0.2, 0.25) is 0 Å². The zero-order valence-electron chi connectivity index (χ0n) is 12.8. The minimum absolute atomic E-state index is 0.179. The van der Waals surface area contributed by atoms with Gasteiger partial charge in [0.2, 0.25) is 0 Å². The predicted octanol–water partition coefficient (Wildman–Crippen LogP) is 1.50. The standard InChI is InChI=1S/C17H25N3O/c1-13-11-19-10-4-6-15(19)12-20(13)17(21)16-7-3-2-5-14(16)8-9-18/h2-3,5,7,13,15H,4,6,8-12,18H2,1H3. The van der Waals surface area contributed by atoms with E-state index in [9.17, 15) is 4.79 Å². The molecule has 4 heteroatoms. The Kier molecular flexibility index (Phi) is 4.27. The van der Waals surface area contributed by atoms with E-state index in [1.807, 2.05) is 24.3 Å². The van der Waals surface area contributed by atoms with E-state index in [2.05, 4.69) is 16.7 Å². The monoisotopic (exact) mass is 287 g/mol. The minimum atomic E-state index is 0.179. The van der Waals surface area contributed by atoms with Crippen LogP contribution in [0, 0.1) is 0 Å². The Balaban J connectivity index is 1.81. The number of rotatable bonds is 3. The van der Waals surface area contributed by atoms with Crippen molar-refractivity contribution in [1.29, 1.82) is 0 Å². The van der Waals surface area contributed by atoms with E-state index in [-0.39, 0.29) is 11.9 Å². The number of nitrogens with two attached hydrogens (primary N) is 1. The van der Waals surface area contributed by atoms with Gasteiger partial charge in [0.25, 0.3) is 5.91 Å². The quantitative estimate of drug-likeness (QED) is 0.916. The van der Waals surface area contributed by atoms with Crippen LogP contribution in [-0.4, -0.2) is 54.0 Å². The second kappa shape index (κ2) is 6.16. The van der Waals surface area contributed by atoms with E-state index < -0.39 is 0 Å². The van der Waals surface area contributed by atoms with E-state index in [1.165, 1.54) is 19.4 Å². The zero-order chi connectivity index (χ0) is 14.8. The molecule has 2 fully saturated rings. The van der Waals surface area contributed by atoms with Gasteiger partial charge >= 0.3 is 0 Å². The molecule has 2 aliphatic heterocycles. The molecule has 4 nitrogen and oxygen atoms in total. The number of hydrogen-bond acceptors (Lipinski definition) is 3. The van der Waals surface area contributed by atoms with Crippen LogP contribution in [0.1, 0.15) is 35.7 Å². The van der Waals surface area contributed by atoms with E-state index in [0.29, 0.717) is 12.6 Å². The Hall–Kier alpha value is -1.39. The Labute approximate surface area is 126 Å². The van der Waals surface area contributed by atoms with Gasteiger partial charge in [-0.3, -0.25) is 9.69 Å². The van der Waals surface area contributed by atoms with Crippen molar-refractivity contribution in [3.8, 4) is 0 Å². The molecule has 2 saturated heterocycles. The molecule has 2 unspecified atom stereocenters. The van der Waals surface area contributed by atoms with Gasteiger partial charge in [-0.15, -0.1) is 0 Å². The van der Waals surface area contributed by atoms with Crippen molar-refractivity contribution in [2.75, 3.05) is 26.2 Å². The van der Waals surface area contributed by atoms with Gasteiger partial charge in [0.05, 0.1) is 0 Å². The van der Waals surface area contributed by atoms with Crippen molar-refractivity contribution in [3.63, 3.8) is 0 Å². The van der Waals surface area contributed by atoms with Crippen molar-refractivity contribution in [1.82, 2.24) is 9.80 Å². The highest BCUT2D eigenvalue weighted by atomic mass is 16.2. The van der Waals surface area contributed by atoms with Crippen LogP contribution in [0.3, 0.4) is 0 Å². The van der Waals surface area contributed by atoms with Crippen molar-refractivity contribution >= 4 is 5.91 Å². The van der Waals surface area contributed by atoms with Crippen LogP contribution >= 0.6 is 0 Å². The second-order valence-electron chi connectivity index (χ2n) is 6.29. The Morgan fingerprint density at radius 3 is 2.95 bits per heavy atom. The lowest BCUT2D eigenvalue weighted by atomic mass is 10.0. The van der Waals surface area contributed by atoms with Gasteiger partial charge in [-0.05, 0) is 50.9 Å². The van der Waals surface area contributed by atoms with Gasteiger partial charge < -0.3 is 10.6 Å². The topological polar surface area (TPSA) is 49.6 Å². The highest BCUT2D eigenvalue weighted by Gasteiger charge is 2.36. The fraction of sp³-hybridized carbons (Fsp3) is 0.588. The largest absolute Gasteiger partial charge is 0.333 e. The summed E-state index contributed by atoms with van der Waals surface area (Å²) < 4.78 is 0. The molecule has 0 saturated carbocycles. The maximum atomic E-state index is 13.0. The SMILES string of the molecule is CC1CN2CCCC2CN1C(=O)c1ccccc1CCN. The molecule has 0 aromatic heterocycles. The Morgan fingerprint density at radius 1 is 1.33 bits per heavy atom.